The van der Waals surface area contributed by atoms with Crippen molar-refractivity contribution in [2.75, 3.05) is 33.9 Å². The van der Waals surface area contributed by atoms with E-state index in [4.69, 9.17) is 9.47 Å². The number of hydrogen-bond acceptors (Lipinski definition) is 5. The van der Waals surface area contributed by atoms with E-state index >= 15 is 0 Å². The number of sulfonamides is 1. The topological polar surface area (TPSA) is 84.9 Å². The fourth-order valence-corrected chi connectivity index (χ4v) is 4.48. The van der Waals surface area contributed by atoms with E-state index in [2.05, 4.69) is 5.32 Å². The summed E-state index contributed by atoms with van der Waals surface area (Å²) >= 11 is 0. The van der Waals surface area contributed by atoms with Gasteiger partial charge in [0.2, 0.25) is 10.0 Å². The number of methoxy groups -OCH3 is 2. The Labute approximate surface area is 172 Å². The second-order valence-electron chi connectivity index (χ2n) is 6.28. The van der Waals surface area contributed by atoms with Crippen molar-refractivity contribution in [2.45, 2.75) is 25.2 Å². The summed E-state index contributed by atoms with van der Waals surface area (Å²) in [6, 6.07) is 11.9. The Kier molecular flexibility index (Phi) is 8.04. The van der Waals surface area contributed by atoms with E-state index in [1.54, 1.807) is 42.5 Å². The Morgan fingerprint density at radius 1 is 0.966 bits per heavy atom. The third-order valence-electron chi connectivity index (χ3n) is 4.62. The number of nitrogens with one attached hydrogen (secondary N) is 1. The van der Waals surface area contributed by atoms with Gasteiger partial charge in [0.25, 0.3) is 5.91 Å². The van der Waals surface area contributed by atoms with Crippen LogP contribution in [0.4, 0.5) is 0 Å². The van der Waals surface area contributed by atoms with Crippen LogP contribution >= 0.6 is 0 Å². The molecule has 0 fully saturated rings. The summed E-state index contributed by atoms with van der Waals surface area (Å²) in [5.41, 5.74) is 1.27. The molecule has 0 spiro atoms. The smallest absolute Gasteiger partial charge is 0.258 e. The summed E-state index contributed by atoms with van der Waals surface area (Å²) in [7, 11) is -0.469. The van der Waals surface area contributed by atoms with E-state index in [1.807, 2.05) is 13.8 Å². The first-order chi connectivity index (χ1) is 13.9. The first-order valence-electron chi connectivity index (χ1n) is 9.47. The number of nitrogens with zero attached hydrogens (tertiary/aromatic N) is 1. The number of carbonyl (C=O) groups excluding carboxylic acids is 1. The largest absolute Gasteiger partial charge is 0.496 e. The third-order valence-corrected chi connectivity index (χ3v) is 6.68. The van der Waals surface area contributed by atoms with Crippen molar-refractivity contribution in [3.8, 4) is 11.5 Å². The van der Waals surface area contributed by atoms with Gasteiger partial charge in [0.05, 0.1) is 19.1 Å². The quantitative estimate of drug-likeness (QED) is 0.639. The van der Waals surface area contributed by atoms with E-state index < -0.39 is 10.0 Å². The first kappa shape index (κ1) is 22.7. The van der Waals surface area contributed by atoms with E-state index in [0.29, 0.717) is 43.1 Å². The number of ether oxygens (including phenoxy) is 2. The zero-order valence-electron chi connectivity index (χ0n) is 17.3. The molecule has 29 heavy (non-hydrogen) atoms. The van der Waals surface area contributed by atoms with Gasteiger partial charge in [-0.25, -0.2) is 8.42 Å². The summed E-state index contributed by atoms with van der Waals surface area (Å²) < 4.78 is 37.0. The van der Waals surface area contributed by atoms with Crippen molar-refractivity contribution in [3.05, 3.63) is 53.6 Å². The zero-order chi connectivity index (χ0) is 21.4. The van der Waals surface area contributed by atoms with Crippen molar-refractivity contribution < 1.29 is 22.7 Å². The van der Waals surface area contributed by atoms with Crippen LogP contribution < -0.4 is 14.8 Å². The van der Waals surface area contributed by atoms with Crippen LogP contribution in [0.1, 0.15) is 29.8 Å². The second kappa shape index (κ2) is 10.3. The normalized spacial score (nSPS) is 11.3. The number of carbonyl (C=O) groups is 1. The average Bonchev–Trinajstić information content (AvgIpc) is 2.74. The Hall–Kier alpha value is -2.58. The standard InChI is InChI=1S/C21H28N2O5S/c1-5-23(6-2)29(25,26)17-12-10-16(11-13-17)14-15-22-21(24)20-18(27-3)8-7-9-19(20)28-4/h7-13H,5-6,14-15H2,1-4H3,(H,22,24). The van der Waals surface area contributed by atoms with Crippen molar-refractivity contribution in [1.29, 1.82) is 0 Å². The highest BCUT2D eigenvalue weighted by Gasteiger charge is 2.21. The van der Waals surface area contributed by atoms with Crippen LogP contribution in [0.15, 0.2) is 47.4 Å². The molecule has 1 amide bonds. The molecule has 7 nitrogen and oxygen atoms in total. The molecule has 0 aliphatic carbocycles. The van der Waals surface area contributed by atoms with Crippen LogP contribution in [0.3, 0.4) is 0 Å². The molecule has 8 heteroatoms. The highest BCUT2D eigenvalue weighted by Crippen LogP contribution is 2.27. The molecule has 2 rings (SSSR count). The van der Waals surface area contributed by atoms with E-state index in [0.717, 1.165) is 5.56 Å². The molecule has 0 saturated heterocycles. The highest BCUT2D eigenvalue weighted by atomic mass is 32.2. The summed E-state index contributed by atoms with van der Waals surface area (Å²) in [6.07, 6.45) is 0.564. The van der Waals surface area contributed by atoms with Gasteiger partial charge in [-0.3, -0.25) is 4.79 Å². The average molecular weight is 421 g/mol. The molecule has 2 aromatic rings. The second-order valence-corrected chi connectivity index (χ2v) is 8.21. The number of amides is 1. The van der Waals surface area contributed by atoms with Crippen LogP contribution in [0.25, 0.3) is 0 Å². The van der Waals surface area contributed by atoms with Gasteiger partial charge in [-0.05, 0) is 36.2 Å². The minimum absolute atomic E-state index is 0.271. The summed E-state index contributed by atoms with van der Waals surface area (Å²) in [5.74, 6) is 0.584. The van der Waals surface area contributed by atoms with Crippen molar-refractivity contribution in [3.63, 3.8) is 0 Å². The number of hydrogen-bond donors (Lipinski definition) is 1. The third kappa shape index (κ3) is 5.27. The lowest BCUT2D eigenvalue weighted by molar-refractivity contribution is 0.0948. The molecule has 0 aliphatic rings. The van der Waals surface area contributed by atoms with Crippen LogP contribution in [0.2, 0.25) is 0 Å². The van der Waals surface area contributed by atoms with Gasteiger partial charge in [0.15, 0.2) is 0 Å². The summed E-state index contributed by atoms with van der Waals surface area (Å²) in [6.45, 7) is 4.88. The van der Waals surface area contributed by atoms with Crippen LogP contribution in [-0.4, -0.2) is 52.5 Å². The molecular weight excluding hydrogens is 392 g/mol. The molecule has 0 bridgehead atoms. The molecule has 0 aromatic heterocycles. The number of benzene rings is 2. The summed E-state index contributed by atoms with van der Waals surface area (Å²) in [4.78, 5) is 12.8. The fourth-order valence-electron chi connectivity index (χ4n) is 3.02. The maximum absolute atomic E-state index is 12.6. The lowest BCUT2D eigenvalue weighted by atomic mass is 10.1. The Bertz CT molecular complexity index is 900. The van der Waals surface area contributed by atoms with Crippen molar-refractivity contribution in [2.24, 2.45) is 0 Å². The maximum atomic E-state index is 12.6. The fraction of sp³-hybridized carbons (Fsp3) is 0.381. The lowest BCUT2D eigenvalue weighted by Crippen LogP contribution is -2.30. The first-order valence-corrected chi connectivity index (χ1v) is 10.9. The lowest BCUT2D eigenvalue weighted by Gasteiger charge is -2.18. The van der Waals surface area contributed by atoms with Gasteiger partial charge in [-0.1, -0.05) is 32.0 Å². The van der Waals surface area contributed by atoms with Gasteiger partial charge in [0, 0.05) is 19.6 Å². The molecule has 0 aliphatic heterocycles. The summed E-state index contributed by atoms with van der Waals surface area (Å²) in [5, 5.41) is 2.85. The maximum Gasteiger partial charge on any atom is 0.258 e. The van der Waals surface area contributed by atoms with Crippen LogP contribution in [-0.2, 0) is 16.4 Å². The van der Waals surface area contributed by atoms with Gasteiger partial charge >= 0.3 is 0 Å². The SMILES string of the molecule is CCN(CC)S(=O)(=O)c1ccc(CCNC(=O)c2c(OC)cccc2OC)cc1. The Balaban J connectivity index is 2.03. The van der Waals surface area contributed by atoms with Gasteiger partial charge < -0.3 is 14.8 Å². The minimum Gasteiger partial charge on any atom is -0.496 e. The molecule has 2 aromatic carbocycles. The monoisotopic (exact) mass is 420 g/mol. The van der Waals surface area contributed by atoms with Gasteiger partial charge in [0.1, 0.15) is 17.1 Å². The minimum atomic E-state index is -3.47. The highest BCUT2D eigenvalue weighted by molar-refractivity contribution is 7.89. The molecule has 0 saturated carbocycles. The molecule has 0 heterocycles. The molecular formula is C21H28N2O5S. The van der Waals surface area contributed by atoms with Crippen LogP contribution in [0, 0.1) is 0 Å². The van der Waals surface area contributed by atoms with Crippen molar-refractivity contribution in [1.82, 2.24) is 9.62 Å². The molecule has 0 radical (unpaired) electrons. The number of rotatable bonds is 10. The zero-order valence-corrected chi connectivity index (χ0v) is 18.1. The van der Waals surface area contributed by atoms with E-state index in [1.165, 1.54) is 18.5 Å². The van der Waals surface area contributed by atoms with E-state index in [-0.39, 0.29) is 10.8 Å². The Morgan fingerprint density at radius 2 is 1.52 bits per heavy atom. The predicted molar refractivity (Wildman–Crippen MR) is 112 cm³/mol. The van der Waals surface area contributed by atoms with E-state index in [9.17, 15) is 13.2 Å². The van der Waals surface area contributed by atoms with Gasteiger partial charge in [-0.15, -0.1) is 0 Å². The molecule has 1 N–H and O–H groups in total. The van der Waals surface area contributed by atoms with Gasteiger partial charge in [-0.2, -0.15) is 4.31 Å². The van der Waals surface area contributed by atoms with Crippen LogP contribution in [0.5, 0.6) is 11.5 Å². The molecule has 158 valence electrons. The molecule has 0 unspecified atom stereocenters. The Morgan fingerprint density at radius 3 is 2.00 bits per heavy atom. The van der Waals surface area contributed by atoms with Crippen molar-refractivity contribution >= 4 is 15.9 Å². The molecule has 0 atom stereocenters. The predicted octanol–water partition coefficient (Wildman–Crippen LogP) is 2.71.